The number of fused-ring (bicyclic) bond motifs is 4. The van der Waals surface area contributed by atoms with E-state index in [2.05, 4.69) is 211 Å². The van der Waals surface area contributed by atoms with Crippen LogP contribution in [0.2, 0.25) is 0 Å². The Morgan fingerprint density at radius 1 is 0.526 bits per heavy atom. The molecule has 0 unspecified atom stereocenters. The second kappa shape index (κ2) is 13.7. The van der Waals surface area contributed by atoms with Crippen molar-refractivity contribution in [3.63, 3.8) is 0 Å². The molecule has 3 heteroatoms. The summed E-state index contributed by atoms with van der Waals surface area (Å²) in [7, 11) is 0. The van der Waals surface area contributed by atoms with Crippen LogP contribution in [-0.4, -0.2) is 4.98 Å². The summed E-state index contributed by atoms with van der Waals surface area (Å²) < 4.78 is 1.17. The van der Waals surface area contributed by atoms with Gasteiger partial charge < -0.3 is 4.90 Å². The molecule has 57 heavy (non-hydrogen) atoms. The fraction of sp³-hybridized carbons (Fsp3) is 0.0556. The molecule has 2 aliphatic carbocycles. The molecule has 270 valence electrons. The summed E-state index contributed by atoms with van der Waals surface area (Å²) in [4.78, 5) is 7.60. The summed E-state index contributed by atoms with van der Waals surface area (Å²) >= 11 is 1.74. The maximum absolute atomic E-state index is 5.18. The monoisotopic (exact) mass is 746 g/mol. The van der Waals surface area contributed by atoms with Crippen LogP contribution in [-0.2, 0) is 5.41 Å². The van der Waals surface area contributed by atoms with Crippen LogP contribution in [0.4, 0.5) is 17.1 Å². The quantitative estimate of drug-likeness (QED) is 0.161. The summed E-state index contributed by atoms with van der Waals surface area (Å²) in [6.07, 6.45) is 6.77. The molecule has 0 saturated carbocycles. The van der Waals surface area contributed by atoms with E-state index in [-0.39, 0.29) is 0 Å². The first-order valence-corrected chi connectivity index (χ1v) is 20.6. The van der Waals surface area contributed by atoms with Gasteiger partial charge in [0.1, 0.15) is 5.01 Å². The average Bonchev–Trinajstić information content (AvgIpc) is 3.85. The molecular weight excluding hydrogens is 709 g/mol. The molecule has 9 aromatic rings. The van der Waals surface area contributed by atoms with Gasteiger partial charge in [0.25, 0.3) is 0 Å². The van der Waals surface area contributed by atoms with E-state index < -0.39 is 5.41 Å². The molecule has 1 aromatic heterocycles. The Balaban J connectivity index is 1.12. The van der Waals surface area contributed by atoms with Crippen LogP contribution < -0.4 is 4.90 Å². The first-order chi connectivity index (χ1) is 28.3. The van der Waals surface area contributed by atoms with Crippen LogP contribution in [0, 0.1) is 0 Å². The van der Waals surface area contributed by atoms with E-state index in [1.165, 1.54) is 60.0 Å². The second-order valence-electron chi connectivity index (χ2n) is 15.0. The molecule has 0 amide bonds. The minimum Gasteiger partial charge on any atom is -0.310 e. The highest BCUT2D eigenvalue weighted by atomic mass is 32.1. The first-order valence-electron chi connectivity index (χ1n) is 19.8. The molecule has 1 heterocycles. The number of hydrogen-bond donors (Lipinski definition) is 0. The molecule has 11 rings (SSSR count). The number of anilines is 3. The van der Waals surface area contributed by atoms with E-state index in [1.54, 1.807) is 11.3 Å². The fourth-order valence-electron chi connectivity index (χ4n) is 9.36. The normalized spacial score (nSPS) is 14.2. The second-order valence-corrected chi connectivity index (χ2v) is 16.0. The van der Waals surface area contributed by atoms with E-state index in [0.717, 1.165) is 46.0 Å². The molecule has 0 N–H and O–H groups in total. The van der Waals surface area contributed by atoms with E-state index in [0.29, 0.717) is 0 Å². The van der Waals surface area contributed by atoms with Crippen molar-refractivity contribution in [2.24, 2.45) is 0 Å². The van der Waals surface area contributed by atoms with Gasteiger partial charge in [-0.05, 0) is 111 Å². The van der Waals surface area contributed by atoms with Crippen LogP contribution in [0.15, 0.2) is 212 Å². The number of rotatable bonds is 7. The van der Waals surface area contributed by atoms with Crippen molar-refractivity contribution >= 4 is 55.0 Å². The summed E-state index contributed by atoms with van der Waals surface area (Å²) in [5.74, 6) is 0. The van der Waals surface area contributed by atoms with Crippen molar-refractivity contribution in [3.8, 4) is 21.7 Å². The molecule has 8 aromatic carbocycles. The molecule has 2 aliphatic rings. The zero-order valence-corrected chi connectivity index (χ0v) is 32.2. The lowest BCUT2D eigenvalue weighted by atomic mass is 9.65. The number of thiazole rings is 1. The molecule has 0 saturated heterocycles. The average molecular weight is 747 g/mol. The van der Waals surface area contributed by atoms with E-state index in [1.807, 2.05) is 0 Å². The largest absolute Gasteiger partial charge is 0.310 e. The molecule has 0 atom stereocenters. The maximum atomic E-state index is 5.18. The smallest absolute Gasteiger partial charge is 0.124 e. The summed E-state index contributed by atoms with van der Waals surface area (Å²) in [6, 6.07) is 71.1. The predicted octanol–water partition coefficient (Wildman–Crippen LogP) is 14.7. The van der Waals surface area contributed by atoms with Crippen LogP contribution in [0.5, 0.6) is 0 Å². The molecule has 0 fully saturated rings. The van der Waals surface area contributed by atoms with Gasteiger partial charge in [-0.3, -0.25) is 0 Å². The number of nitrogens with zero attached hydrogens (tertiary/aromatic N) is 2. The fourth-order valence-corrected chi connectivity index (χ4v) is 10.3. The SMILES string of the molecule is C1=CC2=C(CC1)C(c1ccccc1)(c1ccccc1)c1cc(N(c3ccc(-c4cccc5ccccc45)cc3)c3ccc4sc(-c5ccccc5)nc4c3)ccc12. The number of benzene rings is 8. The summed E-state index contributed by atoms with van der Waals surface area (Å²) in [5, 5.41) is 3.54. The number of hydrogen-bond acceptors (Lipinski definition) is 3. The highest BCUT2D eigenvalue weighted by molar-refractivity contribution is 7.21. The van der Waals surface area contributed by atoms with Gasteiger partial charge in [0.05, 0.1) is 15.6 Å². The molecule has 2 nitrogen and oxygen atoms in total. The maximum Gasteiger partial charge on any atom is 0.124 e. The molecule has 0 aliphatic heterocycles. The van der Waals surface area contributed by atoms with Gasteiger partial charge in [-0.25, -0.2) is 4.98 Å². The van der Waals surface area contributed by atoms with Gasteiger partial charge in [0, 0.05) is 22.6 Å². The van der Waals surface area contributed by atoms with Gasteiger partial charge in [0.15, 0.2) is 0 Å². The third kappa shape index (κ3) is 5.50. The zero-order valence-electron chi connectivity index (χ0n) is 31.3. The van der Waals surface area contributed by atoms with Gasteiger partial charge in [-0.1, -0.05) is 164 Å². The van der Waals surface area contributed by atoms with Crippen LogP contribution in [0.3, 0.4) is 0 Å². The topological polar surface area (TPSA) is 16.1 Å². The Bertz CT molecular complexity index is 2950. The van der Waals surface area contributed by atoms with Crippen molar-refractivity contribution in [3.05, 3.63) is 234 Å². The lowest BCUT2D eigenvalue weighted by Crippen LogP contribution is -2.30. The Labute approximate surface area is 337 Å². The predicted molar refractivity (Wildman–Crippen MR) is 241 cm³/mol. The minimum atomic E-state index is -0.415. The molecule has 0 spiro atoms. The van der Waals surface area contributed by atoms with Crippen molar-refractivity contribution < 1.29 is 0 Å². The highest BCUT2D eigenvalue weighted by Gasteiger charge is 2.47. The van der Waals surface area contributed by atoms with E-state index in [4.69, 9.17) is 4.98 Å². The Morgan fingerprint density at radius 3 is 1.95 bits per heavy atom. The Morgan fingerprint density at radius 2 is 1.18 bits per heavy atom. The van der Waals surface area contributed by atoms with Gasteiger partial charge in [-0.2, -0.15) is 0 Å². The van der Waals surface area contributed by atoms with Gasteiger partial charge >= 0.3 is 0 Å². The number of allylic oxidation sites excluding steroid dienone is 4. The Kier molecular flexibility index (Phi) is 8.08. The molecule has 0 bridgehead atoms. The molecular formula is C54H38N2S. The highest BCUT2D eigenvalue weighted by Crippen LogP contribution is 2.58. The van der Waals surface area contributed by atoms with Crippen molar-refractivity contribution in [2.75, 3.05) is 4.90 Å². The zero-order chi connectivity index (χ0) is 37.8. The lowest BCUT2D eigenvalue weighted by molar-refractivity contribution is 0.696. The van der Waals surface area contributed by atoms with Crippen molar-refractivity contribution in [1.29, 1.82) is 0 Å². The van der Waals surface area contributed by atoms with E-state index >= 15 is 0 Å². The van der Waals surface area contributed by atoms with Crippen LogP contribution >= 0.6 is 11.3 Å². The third-order valence-corrected chi connectivity index (χ3v) is 13.0. The van der Waals surface area contributed by atoms with Crippen molar-refractivity contribution in [2.45, 2.75) is 18.3 Å². The van der Waals surface area contributed by atoms with Gasteiger partial charge in [-0.15, -0.1) is 11.3 Å². The lowest BCUT2D eigenvalue weighted by Gasteiger charge is -2.37. The van der Waals surface area contributed by atoms with E-state index in [9.17, 15) is 0 Å². The Hall–Kier alpha value is -6.81. The molecule has 0 radical (unpaired) electrons. The first kappa shape index (κ1) is 33.5. The van der Waals surface area contributed by atoms with Crippen LogP contribution in [0.1, 0.15) is 35.1 Å². The summed E-state index contributed by atoms with van der Waals surface area (Å²) in [5.41, 5.74) is 15.5. The minimum absolute atomic E-state index is 0.415. The van der Waals surface area contributed by atoms with Gasteiger partial charge in [0.2, 0.25) is 0 Å². The third-order valence-electron chi connectivity index (χ3n) is 11.9. The standard InChI is InChI=1S/C54H38N2S/c1-4-16-39(17-5-1)53-55-51-36-44(32-34-52(51)57-53)56(42-29-27-38(28-30-42)46-25-14-18-37-15-10-11-23-45(37)46)43-31-33-48-47-24-12-13-26-49(47)54(50(48)35-43,40-19-6-2-7-20-40)41-21-8-3-9-22-41/h1-12,14-25,27-36H,13,26H2. The summed E-state index contributed by atoms with van der Waals surface area (Å²) in [6.45, 7) is 0. The van der Waals surface area contributed by atoms with Crippen molar-refractivity contribution in [1.82, 2.24) is 4.98 Å². The van der Waals surface area contributed by atoms with Crippen LogP contribution in [0.25, 0.3) is 48.3 Å². The number of aromatic nitrogens is 1.